The van der Waals surface area contributed by atoms with Crippen LogP contribution in [0.1, 0.15) is 11.1 Å². The lowest BCUT2D eigenvalue weighted by atomic mass is 10.2. The molecule has 0 bridgehead atoms. The minimum absolute atomic E-state index is 0.156. The Morgan fingerprint density at radius 2 is 1.62 bits per heavy atom. The molecule has 1 N–H and O–H groups in total. The highest BCUT2D eigenvalue weighted by atomic mass is 32.2. The second-order valence-corrected chi connectivity index (χ2v) is 6.88. The summed E-state index contributed by atoms with van der Waals surface area (Å²) in [5.74, 6) is 1.53. The molecular weight excluding hydrogens is 330 g/mol. The van der Waals surface area contributed by atoms with Gasteiger partial charge in [-0.1, -0.05) is 12.1 Å². The molecule has 0 heterocycles. The summed E-state index contributed by atoms with van der Waals surface area (Å²) in [4.78, 5) is 0.156. The van der Waals surface area contributed by atoms with Crippen molar-refractivity contribution in [3.63, 3.8) is 0 Å². The fourth-order valence-electron chi connectivity index (χ4n) is 2.29. The standard InChI is InChI=1S/C17H21NO5S/c1-12-8-15(22-3)16(23-4)10-17(12)24(19,20)18-11-13-6-5-7-14(9-13)21-2/h5-10,18H,11H2,1-4H3. The average Bonchev–Trinajstić information content (AvgIpc) is 2.59. The van der Waals surface area contributed by atoms with Crippen LogP contribution in [0, 0.1) is 6.92 Å². The average molecular weight is 351 g/mol. The third-order valence-electron chi connectivity index (χ3n) is 3.57. The summed E-state index contributed by atoms with van der Waals surface area (Å²) in [6.07, 6.45) is 0. The molecule has 2 aromatic rings. The zero-order valence-corrected chi connectivity index (χ0v) is 14.9. The third-order valence-corrected chi connectivity index (χ3v) is 5.11. The van der Waals surface area contributed by atoms with E-state index >= 15 is 0 Å². The van der Waals surface area contributed by atoms with E-state index in [1.54, 1.807) is 32.2 Å². The maximum atomic E-state index is 12.6. The second kappa shape index (κ2) is 7.55. The summed E-state index contributed by atoms with van der Waals surface area (Å²) in [6, 6.07) is 10.3. The molecule has 0 spiro atoms. The van der Waals surface area contributed by atoms with E-state index in [1.807, 2.05) is 12.1 Å². The lowest BCUT2D eigenvalue weighted by Crippen LogP contribution is -2.24. The third kappa shape index (κ3) is 3.98. The lowest BCUT2D eigenvalue weighted by Gasteiger charge is -2.14. The normalized spacial score (nSPS) is 11.2. The van der Waals surface area contributed by atoms with Crippen LogP contribution < -0.4 is 18.9 Å². The zero-order valence-electron chi connectivity index (χ0n) is 14.1. The van der Waals surface area contributed by atoms with E-state index in [2.05, 4.69) is 4.72 Å². The summed E-state index contributed by atoms with van der Waals surface area (Å²) in [7, 11) is 0.845. The Kier molecular flexibility index (Phi) is 5.69. The summed E-state index contributed by atoms with van der Waals surface area (Å²) < 4.78 is 43.3. The topological polar surface area (TPSA) is 73.9 Å². The molecule has 0 saturated heterocycles. The monoisotopic (exact) mass is 351 g/mol. The number of methoxy groups -OCH3 is 3. The first-order valence-electron chi connectivity index (χ1n) is 7.26. The molecule has 130 valence electrons. The van der Waals surface area contributed by atoms with Crippen LogP contribution in [0.15, 0.2) is 41.3 Å². The molecule has 0 aromatic heterocycles. The fraction of sp³-hybridized carbons (Fsp3) is 0.294. The highest BCUT2D eigenvalue weighted by molar-refractivity contribution is 7.89. The lowest BCUT2D eigenvalue weighted by molar-refractivity contribution is 0.353. The molecule has 0 aliphatic carbocycles. The van der Waals surface area contributed by atoms with Crippen LogP contribution >= 0.6 is 0 Å². The van der Waals surface area contributed by atoms with Crippen LogP contribution in [0.25, 0.3) is 0 Å². The van der Waals surface area contributed by atoms with E-state index in [9.17, 15) is 8.42 Å². The highest BCUT2D eigenvalue weighted by Crippen LogP contribution is 2.32. The summed E-state index contributed by atoms with van der Waals surface area (Å²) in [5, 5.41) is 0. The minimum Gasteiger partial charge on any atom is -0.497 e. The number of hydrogen-bond donors (Lipinski definition) is 1. The quantitative estimate of drug-likeness (QED) is 0.830. The number of rotatable bonds is 7. The molecule has 0 fully saturated rings. The van der Waals surface area contributed by atoms with Crippen LogP contribution in [0.3, 0.4) is 0 Å². The van der Waals surface area contributed by atoms with Gasteiger partial charge in [-0.2, -0.15) is 0 Å². The Hall–Kier alpha value is -2.25. The van der Waals surface area contributed by atoms with Crippen molar-refractivity contribution in [2.75, 3.05) is 21.3 Å². The van der Waals surface area contributed by atoms with Gasteiger partial charge in [0.15, 0.2) is 11.5 Å². The van der Waals surface area contributed by atoms with E-state index in [0.29, 0.717) is 22.8 Å². The van der Waals surface area contributed by atoms with Crippen LogP contribution in [0.4, 0.5) is 0 Å². The highest BCUT2D eigenvalue weighted by Gasteiger charge is 2.20. The predicted octanol–water partition coefficient (Wildman–Crippen LogP) is 2.50. The first-order valence-corrected chi connectivity index (χ1v) is 8.75. The minimum atomic E-state index is -3.69. The van der Waals surface area contributed by atoms with Gasteiger partial charge in [-0.05, 0) is 36.2 Å². The van der Waals surface area contributed by atoms with Crippen molar-refractivity contribution in [1.82, 2.24) is 4.72 Å². The van der Waals surface area contributed by atoms with Gasteiger partial charge in [-0.3, -0.25) is 0 Å². The molecule has 2 rings (SSSR count). The van der Waals surface area contributed by atoms with Gasteiger partial charge in [-0.15, -0.1) is 0 Å². The van der Waals surface area contributed by atoms with E-state index in [1.165, 1.54) is 20.3 Å². The van der Waals surface area contributed by atoms with E-state index in [4.69, 9.17) is 14.2 Å². The molecular formula is C17H21NO5S. The molecule has 0 aliphatic rings. The zero-order chi connectivity index (χ0) is 17.7. The fourth-order valence-corrected chi connectivity index (χ4v) is 3.55. The van der Waals surface area contributed by atoms with Crippen molar-refractivity contribution >= 4 is 10.0 Å². The maximum Gasteiger partial charge on any atom is 0.241 e. The number of nitrogens with one attached hydrogen (secondary N) is 1. The van der Waals surface area contributed by atoms with Gasteiger partial charge in [0.25, 0.3) is 0 Å². The number of ether oxygens (including phenoxy) is 3. The van der Waals surface area contributed by atoms with Crippen molar-refractivity contribution in [3.05, 3.63) is 47.5 Å². The summed E-state index contributed by atoms with van der Waals surface area (Å²) in [5.41, 5.74) is 1.38. The molecule has 0 saturated carbocycles. The Morgan fingerprint density at radius 3 is 2.25 bits per heavy atom. The van der Waals surface area contributed by atoms with Crippen LogP contribution in [0.5, 0.6) is 17.2 Å². The molecule has 7 heteroatoms. The summed E-state index contributed by atoms with van der Waals surface area (Å²) >= 11 is 0. The number of hydrogen-bond acceptors (Lipinski definition) is 5. The molecule has 0 amide bonds. The van der Waals surface area contributed by atoms with E-state index in [-0.39, 0.29) is 11.4 Å². The van der Waals surface area contributed by atoms with Gasteiger partial charge in [0.1, 0.15) is 5.75 Å². The Morgan fingerprint density at radius 1 is 0.958 bits per heavy atom. The number of aryl methyl sites for hydroxylation is 1. The van der Waals surface area contributed by atoms with Crippen LogP contribution in [0.2, 0.25) is 0 Å². The Bertz CT molecular complexity index is 818. The molecule has 6 nitrogen and oxygen atoms in total. The molecule has 0 unspecified atom stereocenters. The van der Waals surface area contributed by atoms with Crippen LogP contribution in [-0.2, 0) is 16.6 Å². The molecule has 0 atom stereocenters. The van der Waals surface area contributed by atoms with Crippen LogP contribution in [-0.4, -0.2) is 29.7 Å². The Labute approximate surface area is 142 Å². The smallest absolute Gasteiger partial charge is 0.241 e. The molecule has 0 aliphatic heterocycles. The summed E-state index contributed by atoms with van der Waals surface area (Å²) in [6.45, 7) is 1.87. The van der Waals surface area contributed by atoms with Crippen molar-refractivity contribution < 1.29 is 22.6 Å². The second-order valence-electron chi connectivity index (χ2n) is 5.15. The van der Waals surface area contributed by atoms with Crippen molar-refractivity contribution in [2.24, 2.45) is 0 Å². The van der Waals surface area contributed by atoms with Gasteiger partial charge in [-0.25, -0.2) is 13.1 Å². The predicted molar refractivity (Wildman–Crippen MR) is 91.3 cm³/mol. The first-order chi connectivity index (χ1) is 11.4. The van der Waals surface area contributed by atoms with Gasteiger partial charge < -0.3 is 14.2 Å². The molecule has 2 aromatic carbocycles. The van der Waals surface area contributed by atoms with E-state index < -0.39 is 10.0 Å². The Balaban J connectivity index is 2.27. The van der Waals surface area contributed by atoms with E-state index in [0.717, 1.165) is 5.56 Å². The van der Waals surface area contributed by atoms with Gasteiger partial charge in [0.2, 0.25) is 10.0 Å². The SMILES string of the molecule is COc1cccc(CNS(=O)(=O)c2cc(OC)c(OC)cc2C)c1. The molecule has 0 radical (unpaired) electrons. The number of benzene rings is 2. The largest absolute Gasteiger partial charge is 0.497 e. The van der Waals surface area contributed by atoms with Gasteiger partial charge in [0.05, 0.1) is 26.2 Å². The van der Waals surface area contributed by atoms with Crippen molar-refractivity contribution in [3.8, 4) is 17.2 Å². The van der Waals surface area contributed by atoms with Crippen molar-refractivity contribution in [2.45, 2.75) is 18.4 Å². The maximum absolute atomic E-state index is 12.6. The number of sulfonamides is 1. The van der Waals surface area contributed by atoms with Gasteiger partial charge >= 0.3 is 0 Å². The molecule has 24 heavy (non-hydrogen) atoms. The van der Waals surface area contributed by atoms with Gasteiger partial charge in [0, 0.05) is 12.6 Å². The van der Waals surface area contributed by atoms with Crippen molar-refractivity contribution in [1.29, 1.82) is 0 Å². The first kappa shape index (κ1) is 18.1.